The number of likely N-dealkylation sites (tertiary alicyclic amines) is 1. The second-order valence-electron chi connectivity index (χ2n) is 7.43. The second-order valence-corrected chi connectivity index (χ2v) is 7.80. The Morgan fingerprint density at radius 1 is 1.17 bits per heavy atom. The van der Waals surface area contributed by atoms with E-state index in [1.54, 1.807) is 12.1 Å². The van der Waals surface area contributed by atoms with Crippen LogP contribution in [0.4, 0.5) is 4.39 Å². The van der Waals surface area contributed by atoms with Gasteiger partial charge < -0.3 is 14.2 Å². The van der Waals surface area contributed by atoms with Gasteiger partial charge in [-0.05, 0) is 67.7 Å². The third-order valence-electron chi connectivity index (χ3n) is 5.57. The minimum Gasteiger partial charge on any atom is -0.494 e. The first kappa shape index (κ1) is 19.8. The van der Waals surface area contributed by atoms with Crippen molar-refractivity contribution in [3.63, 3.8) is 0 Å². The highest BCUT2D eigenvalue weighted by atomic mass is 32.1. The van der Waals surface area contributed by atoms with E-state index in [1.807, 2.05) is 35.4 Å². The van der Waals surface area contributed by atoms with Gasteiger partial charge in [0.1, 0.15) is 17.6 Å². The molecule has 1 saturated heterocycles. The predicted octanol–water partition coefficient (Wildman–Crippen LogP) is 3.53. The lowest BCUT2D eigenvalue weighted by molar-refractivity contribution is -0.941. The van der Waals surface area contributed by atoms with E-state index in [0.29, 0.717) is 24.1 Å². The molecule has 1 aromatic heterocycles. The average molecular weight is 414 g/mol. The van der Waals surface area contributed by atoms with Gasteiger partial charge in [-0.25, -0.2) is 4.39 Å². The summed E-state index contributed by atoms with van der Waals surface area (Å²) >= 11 is 5.64. The highest BCUT2D eigenvalue weighted by molar-refractivity contribution is 7.71. The zero-order chi connectivity index (χ0) is 20.4. The van der Waals surface area contributed by atoms with Crippen LogP contribution in [-0.2, 0) is 13.7 Å². The number of halogens is 1. The highest BCUT2D eigenvalue weighted by Crippen LogP contribution is 2.22. The number of nitrogens with one attached hydrogen (secondary N) is 1. The van der Waals surface area contributed by atoms with Gasteiger partial charge in [0.2, 0.25) is 4.77 Å². The Morgan fingerprint density at radius 2 is 1.90 bits per heavy atom. The molecule has 0 aliphatic carbocycles. The number of ether oxygens (including phenoxy) is 1. The van der Waals surface area contributed by atoms with E-state index in [9.17, 15) is 4.39 Å². The lowest BCUT2D eigenvalue weighted by atomic mass is 10.0. The predicted molar refractivity (Wildman–Crippen MR) is 113 cm³/mol. The van der Waals surface area contributed by atoms with Gasteiger partial charge in [-0.15, -0.1) is 5.10 Å². The Hall–Kier alpha value is -2.51. The van der Waals surface area contributed by atoms with Crippen molar-refractivity contribution in [2.45, 2.75) is 32.5 Å². The van der Waals surface area contributed by atoms with Crippen molar-refractivity contribution < 1.29 is 14.0 Å². The van der Waals surface area contributed by atoms with Crippen molar-refractivity contribution in [2.24, 2.45) is 7.05 Å². The van der Waals surface area contributed by atoms with Crippen LogP contribution in [0.2, 0.25) is 0 Å². The van der Waals surface area contributed by atoms with Crippen LogP contribution in [-0.4, -0.2) is 27.5 Å². The van der Waals surface area contributed by atoms with Crippen LogP contribution >= 0.6 is 12.2 Å². The number of hydrogen-bond acceptors (Lipinski definition) is 3. The van der Waals surface area contributed by atoms with Crippen LogP contribution in [0.5, 0.6) is 5.75 Å². The van der Waals surface area contributed by atoms with Crippen LogP contribution in [0.3, 0.4) is 0 Å². The minimum atomic E-state index is -0.255. The van der Waals surface area contributed by atoms with E-state index in [0.717, 1.165) is 30.1 Å². The van der Waals surface area contributed by atoms with Gasteiger partial charge in [0.25, 0.3) is 0 Å². The summed E-state index contributed by atoms with van der Waals surface area (Å²) in [5.41, 5.74) is 2.18. The molecule has 2 atom stereocenters. The van der Waals surface area contributed by atoms with Crippen molar-refractivity contribution in [3.05, 3.63) is 64.7 Å². The molecule has 29 heavy (non-hydrogen) atoms. The van der Waals surface area contributed by atoms with Crippen LogP contribution in [0, 0.1) is 10.6 Å². The van der Waals surface area contributed by atoms with Gasteiger partial charge in [0, 0.05) is 31.0 Å². The van der Waals surface area contributed by atoms with E-state index in [1.165, 1.54) is 29.0 Å². The maximum Gasteiger partial charge on any atom is 0.202 e. The molecule has 5 nitrogen and oxygen atoms in total. The number of benzene rings is 2. The molecule has 2 heterocycles. The van der Waals surface area contributed by atoms with E-state index >= 15 is 0 Å². The molecule has 7 heteroatoms. The molecule has 0 saturated carbocycles. The molecule has 0 radical (unpaired) electrons. The number of rotatable bonds is 6. The van der Waals surface area contributed by atoms with E-state index in [2.05, 4.69) is 12.1 Å². The third-order valence-corrected chi connectivity index (χ3v) is 6.06. The molecule has 1 aliphatic rings. The maximum absolute atomic E-state index is 13.3. The van der Waals surface area contributed by atoms with Crippen molar-refractivity contribution in [2.75, 3.05) is 13.2 Å². The van der Waals surface area contributed by atoms with Crippen molar-refractivity contribution >= 4 is 12.2 Å². The maximum atomic E-state index is 13.3. The van der Waals surface area contributed by atoms with Crippen LogP contribution < -0.4 is 9.64 Å². The van der Waals surface area contributed by atoms with E-state index in [-0.39, 0.29) is 5.82 Å². The standard InChI is InChI=1S/C22H25FN4OS/c1-3-28-19-12-8-16(9-13-19)20-5-4-14-26(20)15-27-22(29)25(2)21(24-27)17-6-10-18(23)11-7-17/h6-13,20H,3-5,14-15H2,1-2H3/p+1/t20-/m1/s1. The van der Waals surface area contributed by atoms with Crippen LogP contribution in [0.1, 0.15) is 31.4 Å². The molecule has 0 amide bonds. The van der Waals surface area contributed by atoms with Gasteiger partial charge in [-0.3, -0.25) is 0 Å². The summed E-state index contributed by atoms with van der Waals surface area (Å²) in [6.45, 7) is 4.47. The minimum absolute atomic E-state index is 0.255. The Bertz CT molecular complexity index is 1030. The molecule has 2 aromatic carbocycles. The number of hydrogen-bond donors (Lipinski definition) is 1. The summed E-state index contributed by atoms with van der Waals surface area (Å²) in [5.74, 6) is 1.41. The molecule has 1 N–H and O–H groups in total. The number of nitrogens with zero attached hydrogens (tertiary/aromatic N) is 3. The van der Waals surface area contributed by atoms with E-state index < -0.39 is 0 Å². The van der Waals surface area contributed by atoms with Crippen LogP contribution in [0.25, 0.3) is 11.4 Å². The molecular formula is C22H26FN4OS+. The van der Waals surface area contributed by atoms with Crippen LogP contribution in [0.15, 0.2) is 48.5 Å². The number of aromatic nitrogens is 3. The largest absolute Gasteiger partial charge is 0.494 e. The summed E-state index contributed by atoms with van der Waals surface area (Å²) in [4.78, 5) is 1.45. The average Bonchev–Trinajstić information content (AvgIpc) is 3.30. The molecule has 0 bridgehead atoms. The summed E-state index contributed by atoms with van der Waals surface area (Å²) in [6.07, 6.45) is 2.33. The molecule has 3 aromatic rings. The third kappa shape index (κ3) is 4.11. The molecule has 0 spiro atoms. The Labute approximate surface area is 175 Å². The van der Waals surface area contributed by atoms with Gasteiger partial charge in [-0.1, -0.05) is 0 Å². The zero-order valence-corrected chi connectivity index (χ0v) is 17.6. The lowest BCUT2D eigenvalue weighted by Gasteiger charge is -2.21. The highest BCUT2D eigenvalue weighted by Gasteiger charge is 2.31. The van der Waals surface area contributed by atoms with Gasteiger partial charge >= 0.3 is 0 Å². The number of quaternary nitrogens is 1. The van der Waals surface area contributed by atoms with Crippen molar-refractivity contribution in [1.82, 2.24) is 14.3 Å². The van der Waals surface area contributed by atoms with Crippen molar-refractivity contribution in [1.29, 1.82) is 0 Å². The molecule has 4 rings (SSSR count). The topological polar surface area (TPSA) is 36.4 Å². The molecule has 1 fully saturated rings. The zero-order valence-electron chi connectivity index (χ0n) is 16.8. The normalized spacial score (nSPS) is 18.9. The molecule has 1 aliphatic heterocycles. The first-order valence-electron chi connectivity index (χ1n) is 10.0. The monoisotopic (exact) mass is 413 g/mol. The summed E-state index contributed by atoms with van der Waals surface area (Å²) < 4.78 is 23.3. The smallest absolute Gasteiger partial charge is 0.202 e. The SMILES string of the molecule is CCOc1ccc([C@H]2CCC[NH+]2Cn2nc(-c3ccc(F)cc3)n(C)c2=S)cc1. The quantitative estimate of drug-likeness (QED) is 0.628. The molecule has 152 valence electrons. The molecule has 1 unspecified atom stereocenters. The molecular weight excluding hydrogens is 387 g/mol. The lowest BCUT2D eigenvalue weighted by Crippen LogP contribution is -3.09. The fourth-order valence-corrected chi connectivity index (χ4v) is 4.29. The Kier molecular flexibility index (Phi) is 5.78. The van der Waals surface area contributed by atoms with Gasteiger partial charge in [-0.2, -0.15) is 4.68 Å². The van der Waals surface area contributed by atoms with Gasteiger partial charge in [0.05, 0.1) is 13.2 Å². The fraction of sp³-hybridized carbons (Fsp3) is 0.364. The Morgan fingerprint density at radius 3 is 2.59 bits per heavy atom. The van der Waals surface area contributed by atoms with E-state index in [4.69, 9.17) is 22.1 Å². The van der Waals surface area contributed by atoms with Crippen molar-refractivity contribution in [3.8, 4) is 17.1 Å². The first-order valence-corrected chi connectivity index (χ1v) is 10.4. The fourth-order valence-electron chi connectivity index (χ4n) is 4.10. The summed E-state index contributed by atoms with van der Waals surface area (Å²) in [6, 6.07) is 15.2. The first-order chi connectivity index (χ1) is 14.1. The second kappa shape index (κ2) is 8.47. The summed E-state index contributed by atoms with van der Waals surface area (Å²) in [7, 11) is 1.91. The summed E-state index contributed by atoms with van der Waals surface area (Å²) in [5, 5.41) is 4.75. The Balaban J connectivity index is 1.56. The van der Waals surface area contributed by atoms with Gasteiger partial charge in [0.15, 0.2) is 12.5 Å².